The maximum atomic E-state index is 13.2. The van der Waals surface area contributed by atoms with E-state index in [4.69, 9.17) is 5.73 Å². The molecule has 4 rings (SSSR count). The number of ether oxygens (including phenoxy) is 1. The number of β-lactam (4-membered cyclic amide) rings is 1. The van der Waals surface area contributed by atoms with E-state index in [1.807, 2.05) is 0 Å². The molecule has 3 aliphatic rings. The molecule has 0 radical (unpaired) electrons. The van der Waals surface area contributed by atoms with E-state index in [2.05, 4.69) is 20.7 Å². The zero-order valence-corrected chi connectivity index (χ0v) is 19.4. The summed E-state index contributed by atoms with van der Waals surface area (Å²) in [6.45, 7) is 0.0318. The highest BCUT2D eigenvalue weighted by atomic mass is 32.2. The van der Waals surface area contributed by atoms with Gasteiger partial charge in [-0.2, -0.15) is 0 Å². The fourth-order valence-electron chi connectivity index (χ4n) is 4.00. The molecule has 0 aromatic heterocycles. The van der Waals surface area contributed by atoms with Crippen LogP contribution in [0.1, 0.15) is 11.6 Å². The van der Waals surface area contributed by atoms with E-state index >= 15 is 0 Å². The predicted molar refractivity (Wildman–Crippen MR) is 123 cm³/mol. The van der Waals surface area contributed by atoms with Crippen molar-refractivity contribution in [3.63, 3.8) is 0 Å². The molecule has 0 bridgehead atoms. The average molecular weight is 519 g/mol. The van der Waals surface area contributed by atoms with Gasteiger partial charge in [0, 0.05) is 24.4 Å². The molecular weight excluding hydrogens is 496 g/mol. The predicted octanol–water partition coefficient (Wildman–Crippen LogP) is -0.704. The van der Waals surface area contributed by atoms with Gasteiger partial charge in [0.25, 0.3) is 5.91 Å². The Bertz CT molecular complexity index is 1160. The number of nitrogens with zero attached hydrogens (tertiary/aromatic N) is 2. The molecule has 1 aromatic carbocycles. The van der Waals surface area contributed by atoms with Crippen molar-refractivity contribution in [2.45, 2.75) is 17.5 Å². The Labute approximate surface area is 208 Å². The van der Waals surface area contributed by atoms with Crippen molar-refractivity contribution in [3.8, 4) is 0 Å². The van der Waals surface area contributed by atoms with Crippen LogP contribution >= 0.6 is 11.8 Å². The Kier molecular flexibility index (Phi) is 7.00. The molecule has 2 saturated heterocycles. The molecule has 0 saturated carbocycles. The van der Waals surface area contributed by atoms with E-state index in [1.165, 1.54) is 11.8 Å². The molecule has 7 amide bonds. The first-order valence-electron chi connectivity index (χ1n) is 10.7. The number of hydrogen-bond donors (Lipinski definition) is 5. The summed E-state index contributed by atoms with van der Waals surface area (Å²) in [6, 6.07) is 4.60. The Morgan fingerprint density at radius 2 is 1.94 bits per heavy atom. The van der Waals surface area contributed by atoms with Crippen LogP contribution in [-0.4, -0.2) is 87.7 Å². The quantitative estimate of drug-likeness (QED) is 0.289. The molecular formula is C21H22N6O8S. The Hall–Kier alpha value is -4.27. The number of imide groups is 1. The lowest BCUT2D eigenvalue weighted by Crippen LogP contribution is -2.71. The van der Waals surface area contributed by atoms with Crippen molar-refractivity contribution in [2.24, 2.45) is 5.73 Å². The second-order valence-electron chi connectivity index (χ2n) is 7.94. The number of carbonyl (C=O) groups is 6. The van der Waals surface area contributed by atoms with Gasteiger partial charge in [-0.1, -0.05) is 30.3 Å². The van der Waals surface area contributed by atoms with Crippen LogP contribution in [0.15, 0.2) is 41.6 Å². The molecule has 190 valence electrons. The molecule has 3 heterocycles. The number of thioether (sulfide) groups is 1. The number of primary amides is 1. The number of aliphatic carboxylic acids is 1. The molecule has 6 N–H and O–H groups in total. The summed E-state index contributed by atoms with van der Waals surface area (Å²) >= 11 is 1.18. The highest BCUT2D eigenvalue weighted by molar-refractivity contribution is 8.00. The number of amides is 7. The third-order valence-corrected chi connectivity index (χ3v) is 7.04. The van der Waals surface area contributed by atoms with Gasteiger partial charge in [0.2, 0.25) is 5.91 Å². The lowest BCUT2D eigenvalue weighted by molar-refractivity contribution is -0.151. The van der Waals surface area contributed by atoms with Crippen molar-refractivity contribution in [3.05, 3.63) is 47.2 Å². The van der Waals surface area contributed by atoms with Crippen LogP contribution in [0, 0.1) is 0 Å². The second kappa shape index (κ2) is 10.2. The minimum atomic E-state index is -1.39. The zero-order chi connectivity index (χ0) is 26.0. The number of rotatable bonds is 7. The topological polar surface area (TPSA) is 200 Å². The molecule has 0 aliphatic carbocycles. The van der Waals surface area contributed by atoms with Crippen LogP contribution in [0.3, 0.4) is 0 Å². The number of fused-ring (bicyclic) bond motifs is 1. The van der Waals surface area contributed by atoms with Gasteiger partial charge in [-0.25, -0.2) is 24.1 Å². The van der Waals surface area contributed by atoms with E-state index < -0.39 is 53.4 Å². The monoisotopic (exact) mass is 518 g/mol. The number of hydrogen-bond acceptors (Lipinski definition) is 8. The SMILES string of the molecule is NC(=O)OCC1=C(C(=O)O)N2C(=O)C(NC(=O)[C@H](NC(=O)N3CCNC3=O)c3ccccc3)[C@H]2SC1. The summed E-state index contributed by atoms with van der Waals surface area (Å²) in [5.74, 6) is -2.65. The van der Waals surface area contributed by atoms with Gasteiger partial charge >= 0.3 is 24.1 Å². The first-order valence-corrected chi connectivity index (χ1v) is 11.8. The minimum Gasteiger partial charge on any atom is -0.477 e. The van der Waals surface area contributed by atoms with Gasteiger partial charge in [-0.15, -0.1) is 11.8 Å². The van der Waals surface area contributed by atoms with Crippen molar-refractivity contribution in [2.75, 3.05) is 25.4 Å². The van der Waals surface area contributed by atoms with Crippen LogP contribution in [0.2, 0.25) is 0 Å². The number of carboxylic acid groups (broad SMARTS) is 1. The van der Waals surface area contributed by atoms with E-state index in [9.17, 15) is 33.9 Å². The van der Waals surface area contributed by atoms with Crippen LogP contribution < -0.4 is 21.7 Å². The van der Waals surface area contributed by atoms with Crippen LogP contribution in [-0.2, 0) is 19.1 Å². The van der Waals surface area contributed by atoms with E-state index in [0.29, 0.717) is 5.56 Å². The Balaban J connectivity index is 1.50. The zero-order valence-electron chi connectivity index (χ0n) is 18.6. The summed E-state index contributed by atoms with van der Waals surface area (Å²) in [4.78, 5) is 75.3. The number of benzene rings is 1. The molecule has 36 heavy (non-hydrogen) atoms. The maximum Gasteiger partial charge on any atom is 0.404 e. The van der Waals surface area contributed by atoms with Crippen molar-refractivity contribution >= 4 is 47.7 Å². The fraction of sp³-hybridized carbons (Fsp3) is 0.333. The number of nitrogens with one attached hydrogen (secondary N) is 3. The first kappa shape index (κ1) is 24.8. The first-order chi connectivity index (χ1) is 17.2. The molecule has 2 fully saturated rings. The number of urea groups is 2. The third kappa shape index (κ3) is 4.77. The Morgan fingerprint density at radius 3 is 2.56 bits per heavy atom. The van der Waals surface area contributed by atoms with Crippen LogP contribution in [0.25, 0.3) is 0 Å². The standard InChI is InChI=1S/C21H22N6O8S/c22-19(32)35-8-11-9-36-17-13(16(29)27(17)14(11)18(30)31)24-15(28)12(10-4-2-1-3-5-10)25-21(34)26-7-6-23-20(26)33/h1-5,12-13,17H,6-9H2,(H2,22,32)(H,23,33)(H,24,28)(H,25,34)(H,30,31)/t12-,13?,17-/m1/s1. The smallest absolute Gasteiger partial charge is 0.404 e. The molecule has 15 heteroatoms. The van der Waals surface area contributed by atoms with Crippen LogP contribution in [0.4, 0.5) is 14.4 Å². The number of carbonyl (C=O) groups excluding carboxylic acids is 5. The molecule has 0 spiro atoms. The van der Waals surface area contributed by atoms with Gasteiger partial charge < -0.3 is 31.5 Å². The third-order valence-electron chi connectivity index (χ3n) is 5.70. The molecule has 1 aromatic rings. The minimum absolute atomic E-state index is 0.124. The second-order valence-corrected chi connectivity index (χ2v) is 9.04. The van der Waals surface area contributed by atoms with Crippen LogP contribution in [0.5, 0.6) is 0 Å². The number of nitrogens with two attached hydrogens (primary N) is 1. The van der Waals surface area contributed by atoms with E-state index in [0.717, 1.165) is 9.80 Å². The summed E-state index contributed by atoms with van der Waals surface area (Å²) < 4.78 is 4.69. The number of carboxylic acids is 1. The molecule has 14 nitrogen and oxygen atoms in total. The van der Waals surface area contributed by atoms with Gasteiger partial charge in [-0.3, -0.25) is 14.5 Å². The fourth-order valence-corrected chi connectivity index (χ4v) is 5.33. The summed E-state index contributed by atoms with van der Waals surface area (Å²) in [7, 11) is 0. The van der Waals surface area contributed by atoms with Crippen molar-refractivity contribution in [1.29, 1.82) is 0 Å². The lowest BCUT2D eigenvalue weighted by Gasteiger charge is -2.49. The summed E-state index contributed by atoms with van der Waals surface area (Å²) in [5, 5.41) is 16.5. The summed E-state index contributed by atoms with van der Waals surface area (Å²) in [6.07, 6.45) is -1.08. The molecule has 3 aliphatic heterocycles. The van der Waals surface area contributed by atoms with Gasteiger partial charge in [-0.05, 0) is 5.56 Å². The lowest BCUT2D eigenvalue weighted by atomic mass is 10.0. The van der Waals surface area contributed by atoms with Gasteiger partial charge in [0.15, 0.2) is 0 Å². The maximum absolute atomic E-state index is 13.2. The van der Waals surface area contributed by atoms with Gasteiger partial charge in [0.1, 0.15) is 29.8 Å². The normalized spacial score (nSPS) is 21.7. The molecule has 3 atom stereocenters. The highest BCUT2D eigenvalue weighted by Crippen LogP contribution is 2.40. The Morgan fingerprint density at radius 1 is 1.22 bits per heavy atom. The van der Waals surface area contributed by atoms with Crippen molar-refractivity contribution < 1.29 is 38.6 Å². The van der Waals surface area contributed by atoms with Gasteiger partial charge in [0.05, 0.1) is 0 Å². The molecule has 1 unspecified atom stereocenters. The summed E-state index contributed by atoms with van der Waals surface area (Å²) in [5.41, 5.74) is 5.23. The highest BCUT2D eigenvalue weighted by Gasteiger charge is 2.54. The largest absolute Gasteiger partial charge is 0.477 e. The van der Waals surface area contributed by atoms with Crippen molar-refractivity contribution in [1.82, 2.24) is 25.8 Å². The van der Waals surface area contributed by atoms with E-state index in [-0.39, 0.29) is 36.7 Å². The van der Waals surface area contributed by atoms with E-state index in [1.54, 1.807) is 30.3 Å². The average Bonchev–Trinajstić information content (AvgIpc) is 3.29.